The highest BCUT2D eigenvalue weighted by Crippen LogP contribution is 2.29. The van der Waals surface area contributed by atoms with Gasteiger partial charge >= 0.3 is 0 Å². The lowest BCUT2D eigenvalue weighted by Gasteiger charge is -1.91. The van der Waals surface area contributed by atoms with Crippen molar-refractivity contribution in [2.24, 2.45) is 5.73 Å². The first-order valence-corrected chi connectivity index (χ1v) is 5.84. The Morgan fingerprint density at radius 2 is 2.27 bits per heavy atom. The van der Waals surface area contributed by atoms with E-state index in [2.05, 4.69) is 4.98 Å². The summed E-state index contributed by atoms with van der Waals surface area (Å²) in [7, 11) is 0. The van der Waals surface area contributed by atoms with Gasteiger partial charge in [-0.1, -0.05) is 11.6 Å². The van der Waals surface area contributed by atoms with E-state index in [9.17, 15) is 4.39 Å². The SMILES string of the molecule is NCCCc1nc2c(Cl)cc(F)cc2s1. The molecular formula is C10H10ClFN2S. The topological polar surface area (TPSA) is 38.9 Å². The van der Waals surface area contributed by atoms with Crippen LogP contribution in [0.15, 0.2) is 12.1 Å². The molecule has 0 saturated carbocycles. The fourth-order valence-corrected chi connectivity index (χ4v) is 2.73. The van der Waals surface area contributed by atoms with Crippen molar-refractivity contribution in [3.8, 4) is 0 Å². The average Bonchev–Trinajstić information content (AvgIpc) is 2.57. The van der Waals surface area contributed by atoms with Gasteiger partial charge in [0.05, 0.1) is 14.7 Å². The highest BCUT2D eigenvalue weighted by molar-refractivity contribution is 7.18. The molecule has 0 fully saturated rings. The van der Waals surface area contributed by atoms with Crippen molar-refractivity contribution in [2.75, 3.05) is 6.54 Å². The van der Waals surface area contributed by atoms with E-state index in [4.69, 9.17) is 17.3 Å². The van der Waals surface area contributed by atoms with E-state index in [1.54, 1.807) is 0 Å². The Hall–Kier alpha value is -0.710. The normalized spacial score (nSPS) is 11.1. The second-order valence-electron chi connectivity index (χ2n) is 3.23. The third kappa shape index (κ3) is 2.27. The van der Waals surface area contributed by atoms with E-state index in [1.807, 2.05) is 0 Å². The van der Waals surface area contributed by atoms with Crippen molar-refractivity contribution in [3.05, 3.63) is 28.0 Å². The van der Waals surface area contributed by atoms with Crippen LogP contribution in [0.3, 0.4) is 0 Å². The second kappa shape index (κ2) is 4.43. The summed E-state index contributed by atoms with van der Waals surface area (Å²) in [5, 5.41) is 1.34. The van der Waals surface area contributed by atoms with Crippen LogP contribution in [-0.4, -0.2) is 11.5 Å². The number of thiazole rings is 1. The number of aryl methyl sites for hydroxylation is 1. The maximum absolute atomic E-state index is 13.0. The van der Waals surface area contributed by atoms with Gasteiger partial charge in [-0.25, -0.2) is 9.37 Å². The average molecular weight is 245 g/mol. The minimum atomic E-state index is -0.318. The number of aromatic nitrogens is 1. The van der Waals surface area contributed by atoms with Crippen molar-refractivity contribution < 1.29 is 4.39 Å². The summed E-state index contributed by atoms with van der Waals surface area (Å²) < 4.78 is 13.8. The molecule has 2 nitrogen and oxygen atoms in total. The Bertz CT molecular complexity index is 483. The Kier molecular flexibility index (Phi) is 3.19. The van der Waals surface area contributed by atoms with Crippen LogP contribution in [0.1, 0.15) is 11.4 Å². The van der Waals surface area contributed by atoms with Crippen molar-refractivity contribution in [2.45, 2.75) is 12.8 Å². The van der Waals surface area contributed by atoms with Crippen LogP contribution in [0, 0.1) is 5.82 Å². The van der Waals surface area contributed by atoms with Gasteiger partial charge in [0.25, 0.3) is 0 Å². The Morgan fingerprint density at radius 1 is 1.47 bits per heavy atom. The number of nitrogens with two attached hydrogens (primary N) is 1. The zero-order chi connectivity index (χ0) is 10.8. The van der Waals surface area contributed by atoms with Gasteiger partial charge in [0.15, 0.2) is 0 Å². The number of benzene rings is 1. The lowest BCUT2D eigenvalue weighted by molar-refractivity contribution is 0.630. The largest absolute Gasteiger partial charge is 0.330 e. The van der Waals surface area contributed by atoms with Gasteiger partial charge in [-0.15, -0.1) is 11.3 Å². The molecular weight excluding hydrogens is 235 g/mol. The molecule has 0 amide bonds. The van der Waals surface area contributed by atoms with Crippen LogP contribution in [0.25, 0.3) is 10.2 Å². The van der Waals surface area contributed by atoms with Crippen LogP contribution in [0.5, 0.6) is 0 Å². The molecule has 2 N–H and O–H groups in total. The maximum atomic E-state index is 13.0. The summed E-state index contributed by atoms with van der Waals surface area (Å²) in [6, 6.07) is 2.75. The van der Waals surface area contributed by atoms with E-state index in [1.165, 1.54) is 23.5 Å². The van der Waals surface area contributed by atoms with Crippen LogP contribution in [-0.2, 0) is 6.42 Å². The third-order valence-corrected chi connectivity index (χ3v) is 3.40. The molecule has 15 heavy (non-hydrogen) atoms. The summed E-state index contributed by atoms with van der Waals surface area (Å²) in [5.41, 5.74) is 6.11. The number of halogens is 2. The van der Waals surface area contributed by atoms with Gasteiger partial charge in [0, 0.05) is 6.42 Å². The molecule has 0 spiro atoms. The molecule has 0 atom stereocenters. The molecule has 2 rings (SSSR count). The zero-order valence-electron chi connectivity index (χ0n) is 7.96. The van der Waals surface area contributed by atoms with Gasteiger partial charge in [-0.05, 0) is 25.1 Å². The first-order chi connectivity index (χ1) is 7.20. The molecule has 5 heteroatoms. The number of rotatable bonds is 3. The van der Waals surface area contributed by atoms with Crippen molar-refractivity contribution in [1.82, 2.24) is 4.98 Å². The van der Waals surface area contributed by atoms with Crippen LogP contribution in [0.2, 0.25) is 5.02 Å². The summed E-state index contributed by atoms with van der Waals surface area (Å²) in [6.07, 6.45) is 1.72. The summed E-state index contributed by atoms with van der Waals surface area (Å²) >= 11 is 7.36. The minimum Gasteiger partial charge on any atom is -0.330 e. The first kappa shape index (κ1) is 10.8. The third-order valence-electron chi connectivity index (χ3n) is 2.05. The molecule has 0 aliphatic heterocycles. The molecule has 1 aromatic heterocycles. The molecule has 0 bridgehead atoms. The van der Waals surface area contributed by atoms with Crippen LogP contribution in [0.4, 0.5) is 4.39 Å². The second-order valence-corrected chi connectivity index (χ2v) is 4.76. The van der Waals surface area contributed by atoms with Gasteiger partial charge < -0.3 is 5.73 Å². The van der Waals surface area contributed by atoms with Gasteiger partial charge in [0.1, 0.15) is 11.3 Å². The fraction of sp³-hybridized carbons (Fsp3) is 0.300. The fourth-order valence-electron chi connectivity index (χ4n) is 1.36. The maximum Gasteiger partial charge on any atom is 0.126 e. The predicted molar refractivity (Wildman–Crippen MR) is 62.0 cm³/mol. The predicted octanol–water partition coefficient (Wildman–Crippen LogP) is 2.98. The number of hydrogen-bond donors (Lipinski definition) is 1. The van der Waals surface area contributed by atoms with E-state index < -0.39 is 0 Å². The standard InChI is InChI=1S/C10H10ClFN2S/c11-7-4-6(12)5-8-10(7)14-9(15-8)2-1-3-13/h4-5H,1-3,13H2. The number of hydrogen-bond acceptors (Lipinski definition) is 3. The summed E-state index contributed by atoms with van der Waals surface area (Å²) in [4.78, 5) is 4.36. The molecule has 1 aromatic carbocycles. The first-order valence-electron chi connectivity index (χ1n) is 4.65. The monoisotopic (exact) mass is 244 g/mol. The Labute approximate surface area is 95.9 Å². The van der Waals surface area contributed by atoms with Crippen molar-refractivity contribution >= 4 is 33.2 Å². The Balaban J connectivity index is 2.41. The van der Waals surface area contributed by atoms with Crippen LogP contribution < -0.4 is 5.73 Å². The number of nitrogens with zero attached hydrogens (tertiary/aromatic N) is 1. The molecule has 2 aromatic rings. The van der Waals surface area contributed by atoms with Gasteiger partial charge in [-0.3, -0.25) is 0 Å². The molecule has 0 aliphatic carbocycles. The lowest BCUT2D eigenvalue weighted by Crippen LogP contribution is -1.99. The van der Waals surface area contributed by atoms with Crippen molar-refractivity contribution in [1.29, 1.82) is 0 Å². The summed E-state index contributed by atoms with van der Waals surface area (Å²) in [6.45, 7) is 0.637. The highest BCUT2D eigenvalue weighted by Gasteiger charge is 2.08. The quantitative estimate of drug-likeness (QED) is 0.902. The summed E-state index contributed by atoms with van der Waals surface area (Å²) in [5.74, 6) is -0.318. The zero-order valence-corrected chi connectivity index (χ0v) is 9.54. The molecule has 80 valence electrons. The highest BCUT2D eigenvalue weighted by atomic mass is 35.5. The molecule has 0 radical (unpaired) electrons. The van der Waals surface area contributed by atoms with Crippen LogP contribution >= 0.6 is 22.9 Å². The molecule has 0 aliphatic rings. The van der Waals surface area contributed by atoms with E-state index >= 15 is 0 Å². The van der Waals surface area contributed by atoms with E-state index in [0.717, 1.165) is 22.5 Å². The van der Waals surface area contributed by atoms with E-state index in [-0.39, 0.29) is 5.82 Å². The molecule has 0 unspecified atom stereocenters. The van der Waals surface area contributed by atoms with Crippen molar-refractivity contribution in [3.63, 3.8) is 0 Å². The smallest absolute Gasteiger partial charge is 0.126 e. The minimum absolute atomic E-state index is 0.318. The number of fused-ring (bicyclic) bond motifs is 1. The Morgan fingerprint density at radius 3 is 3.00 bits per heavy atom. The lowest BCUT2D eigenvalue weighted by atomic mass is 10.3. The molecule has 1 heterocycles. The molecule has 0 saturated heterocycles. The van der Waals surface area contributed by atoms with Gasteiger partial charge in [0.2, 0.25) is 0 Å². The van der Waals surface area contributed by atoms with E-state index in [0.29, 0.717) is 17.1 Å². The van der Waals surface area contributed by atoms with Gasteiger partial charge in [-0.2, -0.15) is 0 Å².